The smallest absolute Gasteiger partial charge is 0.339 e. The van der Waals surface area contributed by atoms with Crippen molar-refractivity contribution in [3.05, 3.63) is 44.9 Å². The van der Waals surface area contributed by atoms with Gasteiger partial charge in [-0.25, -0.2) is 4.79 Å². The predicted molar refractivity (Wildman–Crippen MR) is 96.0 cm³/mol. The van der Waals surface area contributed by atoms with Crippen LogP contribution in [0.15, 0.2) is 17.5 Å². The highest BCUT2D eigenvalue weighted by molar-refractivity contribution is 7.09. The number of thiophene rings is 1. The minimum Gasteiger partial charge on any atom is -0.465 e. The Balaban J connectivity index is 2.28. The van der Waals surface area contributed by atoms with Crippen molar-refractivity contribution < 1.29 is 19.1 Å². The van der Waals surface area contributed by atoms with Gasteiger partial charge in [0.25, 0.3) is 0 Å². The highest BCUT2D eigenvalue weighted by atomic mass is 32.1. The van der Waals surface area contributed by atoms with Gasteiger partial charge in [-0.1, -0.05) is 6.07 Å². The number of aromatic nitrogens is 1. The lowest BCUT2D eigenvalue weighted by Crippen LogP contribution is -2.31. The van der Waals surface area contributed by atoms with Crippen molar-refractivity contribution in [1.82, 2.24) is 9.88 Å². The lowest BCUT2D eigenvalue weighted by Gasteiger charge is -2.20. The Morgan fingerprint density at radius 2 is 2.04 bits per heavy atom. The van der Waals surface area contributed by atoms with Crippen LogP contribution in [0.2, 0.25) is 0 Å². The van der Waals surface area contributed by atoms with Crippen LogP contribution in [-0.2, 0) is 22.5 Å². The molecule has 6 nitrogen and oxygen atoms in total. The highest BCUT2D eigenvalue weighted by Gasteiger charge is 2.25. The molecule has 0 spiro atoms. The Morgan fingerprint density at radius 1 is 1.32 bits per heavy atom. The molecule has 25 heavy (non-hydrogen) atoms. The summed E-state index contributed by atoms with van der Waals surface area (Å²) in [6.45, 7) is 6.09. The second kappa shape index (κ2) is 8.11. The van der Waals surface area contributed by atoms with Gasteiger partial charge in [-0.15, -0.1) is 11.3 Å². The zero-order chi connectivity index (χ0) is 18.6. The lowest BCUT2D eigenvalue weighted by atomic mass is 10.1. The molecule has 0 saturated heterocycles. The molecule has 0 aliphatic heterocycles. The summed E-state index contributed by atoms with van der Waals surface area (Å²) in [5.74, 6) is -0.852. The van der Waals surface area contributed by atoms with Crippen molar-refractivity contribution in [1.29, 1.82) is 0 Å². The quantitative estimate of drug-likeness (QED) is 0.607. The second-order valence-electron chi connectivity index (χ2n) is 5.69. The normalized spacial score (nSPS) is 10.6. The van der Waals surface area contributed by atoms with Crippen LogP contribution in [0.3, 0.4) is 0 Å². The summed E-state index contributed by atoms with van der Waals surface area (Å²) in [5, 5.41) is 1.97. The summed E-state index contributed by atoms with van der Waals surface area (Å²) in [7, 11) is 1.28. The SMILES string of the molecule is CCN(Cc1cccs1)C(=O)Cc1[nH]c(C(C)=O)c(C)c1C(=O)OC. The van der Waals surface area contributed by atoms with E-state index in [0.29, 0.717) is 30.0 Å². The maximum Gasteiger partial charge on any atom is 0.339 e. The van der Waals surface area contributed by atoms with E-state index in [4.69, 9.17) is 4.74 Å². The molecule has 0 unspecified atom stereocenters. The van der Waals surface area contributed by atoms with Crippen LogP contribution in [0.1, 0.15) is 50.8 Å². The molecule has 0 atom stereocenters. The molecular weight excluding hydrogens is 340 g/mol. The van der Waals surface area contributed by atoms with E-state index >= 15 is 0 Å². The molecule has 2 aromatic heterocycles. The summed E-state index contributed by atoms with van der Waals surface area (Å²) in [4.78, 5) is 42.3. The van der Waals surface area contributed by atoms with Gasteiger partial charge in [-0.05, 0) is 30.9 Å². The van der Waals surface area contributed by atoms with Gasteiger partial charge in [0.15, 0.2) is 5.78 Å². The van der Waals surface area contributed by atoms with Gasteiger partial charge in [-0.2, -0.15) is 0 Å². The van der Waals surface area contributed by atoms with Crippen molar-refractivity contribution in [3.63, 3.8) is 0 Å². The molecule has 0 aromatic carbocycles. The maximum atomic E-state index is 12.7. The minimum absolute atomic E-state index is 0.0117. The maximum absolute atomic E-state index is 12.7. The van der Waals surface area contributed by atoms with E-state index < -0.39 is 5.97 Å². The average Bonchev–Trinajstić information content (AvgIpc) is 3.19. The van der Waals surface area contributed by atoms with Crippen molar-refractivity contribution in [3.8, 4) is 0 Å². The molecule has 0 fully saturated rings. The summed E-state index contributed by atoms with van der Waals surface area (Å²) in [5.41, 5.74) is 1.55. The molecule has 2 rings (SSSR count). The number of hydrogen-bond donors (Lipinski definition) is 1. The second-order valence-corrected chi connectivity index (χ2v) is 6.72. The first-order chi connectivity index (χ1) is 11.9. The Kier molecular flexibility index (Phi) is 6.14. The highest BCUT2D eigenvalue weighted by Crippen LogP contribution is 2.22. The van der Waals surface area contributed by atoms with E-state index in [0.717, 1.165) is 4.88 Å². The number of rotatable bonds is 7. The van der Waals surface area contributed by atoms with Crippen molar-refractivity contribution in [2.24, 2.45) is 0 Å². The lowest BCUT2D eigenvalue weighted by molar-refractivity contribution is -0.130. The molecule has 2 heterocycles. The molecule has 0 bridgehead atoms. The number of H-pyrrole nitrogens is 1. The molecule has 134 valence electrons. The van der Waals surface area contributed by atoms with Crippen LogP contribution >= 0.6 is 11.3 Å². The summed E-state index contributed by atoms with van der Waals surface area (Å²) in [6, 6.07) is 3.92. The first kappa shape index (κ1) is 18.9. The molecule has 7 heteroatoms. The number of carbonyl (C=O) groups excluding carboxylic acids is 3. The number of ketones is 1. The van der Waals surface area contributed by atoms with Gasteiger partial charge in [0.1, 0.15) is 0 Å². The number of Topliss-reactive ketones (excluding diaryl/α,β-unsaturated/α-hetero) is 1. The number of likely N-dealkylation sites (N-methyl/N-ethyl adjacent to an activating group) is 1. The first-order valence-corrected chi connectivity index (χ1v) is 8.87. The number of carbonyl (C=O) groups is 3. The van der Waals surface area contributed by atoms with Gasteiger partial charge >= 0.3 is 5.97 Å². The van der Waals surface area contributed by atoms with Gasteiger partial charge in [-0.3, -0.25) is 9.59 Å². The van der Waals surface area contributed by atoms with E-state index in [1.165, 1.54) is 14.0 Å². The fourth-order valence-electron chi connectivity index (χ4n) is 2.75. The third kappa shape index (κ3) is 4.17. The molecule has 1 N–H and O–H groups in total. The van der Waals surface area contributed by atoms with Crippen molar-refractivity contribution in [2.45, 2.75) is 33.7 Å². The topological polar surface area (TPSA) is 79.5 Å². The van der Waals surface area contributed by atoms with Crippen molar-refractivity contribution >= 4 is 29.0 Å². The van der Waals surface area contributed by atoms with Gasteiger partial charge in [0, 0.05) is 24.0 Å². The fourth-order valence-corrected chi connectivity index (χ4v) is 3.47. The number of esters is 1. The van der Waals surface area contributed by atoms with Crippen LogP contribution in [0.5, 0.6) is 0 Å². The van der Waals surface area contributed by atoms with Gasteiger partial charge in [0.05, 0.1) is 31.3 Å². The Morgan fingerprint density at radius 3 is 2.56 bits per heavy atom. The van der Waals surface area contributed by atoms with Crippen LogP contribution in [-0.4, -0.2) is 41.2 Å². The number of nitrogens with zero attached hydrogens (tertiary/aromatic N) is 1. The molecule has 0 aliphatic carbocycles. The van der Waals surface area contributed by atoms with Crippen LogP contribution in [0, 0.1) is 6.92 Å². The number of methoxy groups -OCH3 is 1. The van der Waals surface area contributed by atoms with Crippen LogP contribution in [0.25, 0.3) is 0 Å². The summed E-state index contributed by atoms with van der Waals surface area (Å²) >= 11 is 1.59. The first-order valence-electron chi connectivity index (χ1n) is 7.99. The standard InChI is InChI=1S/C18H22N2O4S/c1-5-20(10-13-7-6-8-25-13)15(22)9-14-16(18(23)24-4)11(2)17(19-14)12(3)21/h6-8,19H,5,9-10H2,1-4H3. The molecule has 0 aliphatic rings. The summed E-state index contributed by atoms with van der Waals surface area (Å²) in [6.07, 6.45) is 0.0117. The number of nitrogens with one attached hydrogen (secondary N) is 1. The van der Waals surface area contributed by atoms with E-state index in [9.17, 15) is 14.4 Å². The fraction of sp³-hybridized carbons (Fsp3) is 0.389. The van der Waals surface area contributed by atoms with Crippen LogP contribution < -0.4 is 0 Å². The zero-order valence-corrected chi connectivity index (χ0v) is 15.7. The molecule has 2 aromatic rings. The van der Waals surface area contributed by atoms with E-state index in [-0.39, 0.29) is 23.7 Å². The molecule has 0 saturated carbocycles. The monoisotopic (exact) mass is 362 g/mol. The third-order valence-electron chi connectivity index (χ3n) is 4.06. The molecule has 1 amide bonds. The Labute approximate surface area is 150 Å². The van der Waals surface area contributed by atoms with Crippen LogP contribution in [0.4, 0.5) is 0 Å². The molecular formula is C18H22N2O4S. The number of ether oxygens (including phenoxy) is 1. The zero-order valence-electron chi connectivity index (χ0n) is 14.8. The van der Waals surface area contributed by atoms with Gasteiger partial charge in [0.2, 0.25) is 5.91 Å². The van der Waals surface area contributed by atoms with E-state index in [1.54, 1.807) is 23.2 Å². The third-order valence-corrected chi connectivity index (χ3v) is 4.92. The summed E-state index contributed by atoms with van der Waals surface area (Å²) < 4.78 is 4.81. The number of hydrogen-bond acceptors (Lipinski definition) is 5. The molecule has 0 radical (unpaired) electrons. The Bertz CT molecular complexity index is 777. The van der Waals surface area contributed by atoms with E-state index in [1.807, 2.05) is 24.4 Å². The van der Waals surface area contributed by atoms with Gasteiger partial charge < -0.3 is 14.6 Å². The predicted octanol–water partition coefficient (Wildman–Crippen LogP) is 2.97. The van der Waals surface area contributed by atoms with Crippen molar-refractivity contribution in [2.75, 3.05) is 13.7 Å². The average molecular weight is 362 g/mol. The minimum atomic E-state index is -0.551. The Hall–Kier alpha value is -2.41. The number of aromatic amines is 1. The number of amides is 1. The largest absolute Gasteiger partial charge is 0.465 e. The van der Waals surface area contributed by atoms with E-state index in [2.05, 4.69) is 4.98 Å².